The maximum absolute atomic E-state index is 13.2. The standard InChI is InChI=1S/C20H20N2O6/c23-7-12-15-9(2-4-13(24)18(15)26)6-11-17-16-8(1-3-14(25)19(16)27)5-10(21-17)20(28)22(11)12/h1-4,10-12,17,21,23-27H,5-7H2/t10?,11?,12-,17?/m0/s1. The van der Waals surface area contributed by atoms with E-state index >= 15 is 0 Å². The molecule has 28 heavy (non-hydrogen) atoms. The van der Waals surface area contributed by atoms with E-state index in [-0.39, 0.29) is 28.9 Å². The Labute approximate surface area is 160 Å². The summed E-state index contributed by atoms with van der Waals surface area (Å²) >= 11 is 0. The number of rotatable bonds is 1. The number of hydrogen-bond acceptors (Lipinski definition) is 7. The highest BCUT2D eigenvalue weighted by atomic mass is 16.3. The fourth-order valence-corrected chi connectivity index (χ4v) is 5.04. The number of hydrogen-bond donors (Lipinski definition) is 6. The monoisotopic (exact) mass is 384 g/mol. The van der Waals surface area contributed by atoms with Crippen molar-refractivity contribution in [3.63, 3.8) is 0 Å². The number of carbonyl (C=O) groups is 1. The molecule has 146 valence electrons. The number of carbonyl (C=O) groups excluding carboxylic acids is 1. The van der Waals surface area contributed by atoms with Crippen LogP contribution in [0.5, 0.6) is 23.0 Å². The molecule has 1 saturated heterocycles. The lowest BCUT2D eigenvalue weighted by Gasteiger charge is -2.53. The summed E-state index contributed by atoms with van der Waals surface area (Å²) in [4.78, 5) is 14.8. The molecule has 8 nitrogen and oxygen atoms in total. The van der Waals surface area contributed by atoms with Crippen LogP contribution >= 0.6 is 0 Å². The van der Waals surface area contributed by atoms with Crippen molar-refractivity contribution in [3.8, 4) is 23.0 Å². The molecule has 2 aromatic carbocycles. The van der Waals surface area contributed by atoms with E-state index in [2.05, 4.69) is 5.32 Å². The summed E-state index contributed by atoms with van der Waals surface area (Å²) in [7, 11) is 0. The van der Waals surface area contributed by atoms with Gasteiger partial charge in [0.15, 0.2) is 23.0 Å². The van der Waals surface area contributed by atoms with Gasteiger partial charge in [0.2, 0.25) is 5.91 Å². The zero-order chi connectivity index (χ0) is 19.7. The Hall–Kier alpha value is -2.97. The van der Waals surface area contributed by atoms with Crippen molar-refractivity contribution >= 4 is 5.91 Å². The van der Waals surface area contributed by atoms with Crippen LogP contribution < -0.4 is 5.32 Å². The summed E-state index contributed by atoms with van der Waals surface area (Å²) < 4.78 is 0. The van der Waals surface area contributed by atoms with E-state index in [1.807, 2.05) is 0 Å². The smallest absolute Gasteiger partial charge is 0.240 e. The second-order valence-corrected chi connectivity index (χ2v) is 7.63. The van der Waals surface area contributed by atoms with E-state index in [1.165, 1.54) is 12.1 Å². The molecule has 1 fully saturated rings. The van der Waals surface area contributed by atoms with Gasteiger partial charge in [0, 0.05) is 11.1 Å². The number of phenols is 4. The Morgan fingerprint density at radius 1 is 0.929 bits per heavy atom. The lowest BCUT2D eigenvalue weighted by atomic mass is 9.75. The van der Waals surface area contributed by atoms with Gasteiger partial charge >= 0.3 is 0 Å². The number of benzene rings is 2. The van der Waals surface area contributed by atoms with Crippen LogP contribution in [-0.4, -0.2) is 55.0 Å². The van der Waals surface area contributed by atoms with Crippen LogP contribution in [0, 0.1) is 0 Å². The molecule has 0 spiro atoms. The lowest BCUT2D eigenvalue weighted by Crippen LogP contribution is -2.66. The van der Waals surface area contributed by atoms with E-state index in [4.69, 9.17) is 0 Å². The molecule has 0 aliphatic carbocycles. The normalized spacial score (nSPS) is 27.8. The molecule has 3 aliphatic heterocycles. The van der Waals surface area contributed by atoms with Crippen molar-refractivity contribution in [1.29, 1.82) is 0 Å². The SMILES string of the molecule is O=C1C2Cc3ccc(O)c(O)c3C(N2)C2Cc3ccc(O)c(O)c3[C@H](CO)N12. The van der Waals surface area contributed by atoms with Gasteiger partial charge in [-0.15, -0.1) is 0 Å². The quantitative estimate of drug-likeness (QED) is 0.396. The summed E-state index contributed by atoms with van der Waals surface area (Å²) in [6.07, 6.45) is 0.711. The molecule has 8 heteroatoms. The molecule has 0 aromatic heterocycles. The first-order valence-corrected chi connectivity index (χ1v) is 9.18. The maximum Gasteiger partial charge on any atom is 0.240 e. The molecule has 3 aliphatic rings. The van der Waals surface area contributed by atoms with Crippen LogP contribution in [0.3, 0.4) is 0 Å². The Morgan fingerprint density at radius 3 is 2.18 bits per heavy atom. The number of amides is 1. The third kappa shape index (κ3) is 2.10. The first kappa shape index (κ1) is 17.2. The van der Waals surface area contributed by atoms with Gasteiger partial charge in [-0.2, -0.15) is 0 Å². The van der Waals surface area contributed by atoms with Crippen LogP contribution in [0.25, 0.3) is 0 Å². The molecule has 6 N–H and O–H groups in total. The summed E-state index contributed by atoms with van der Waals surface area (Å²) in [5.41, 5.74) is 2.43. The van der Waals surface area contributed by atoms with Crippen molar-refractivity contribution in [3.05, 3.63) is 46.5 Å². The molecule has 5 rings (SSSR count). The second-order valence-electron chi connectivity index (χ2n) is 7.63. The van der Waals surface area contributed by atoms with Crippen LogP contribution in [0.15, 0.2) is 24.3 Å². The minimum atomic E-state index is -0.804. The molecular weight excluding hydrogens is 364 g/mol. The first-order valence-electron chi connectivity index (χ1n) is 9.18. The Morgan fingerprint density at radius 2 is 1.54 bits per heavy atom. The van der Waals surface area contributed by atoms with Crippen LogP contribution in [0.4, 0.5) is 0 Å². The van der Waals surface area contributed by atoms with E-state index in [9.17, 15) is 30.3 Å². The number of aliphatic hydroxyl groups is 1. The second kappa shape index (κ2) is 5.76. The van der Waals surface area contributed by atoms with Gasteiger partial charge in [-0.1, -0.05) is 12.1 Å². The summed E-state index contributed by atoms with van der Waals surface area (Å²) in [6, 6.07) is 4.00. The van der Waals surface area contributed by atoms with Crippen LogP contribution in [0.1, 0.15) is 34.3 Å². The van der Waals surface area contributed by atoms with Gasteiger partial charge in [0.1, 0.15) is 0 Å². The number of piperazine rings is 1. The predicted molar refractivity (Wildman–Crippen MR) is 97.1 cm³/mol. The van der Waals surface area contributed by atoms with Crippen LogP contribution in [-0.2, 0) is 17.6 Å². The fraction of sp³-hybridized carbons (Fsp3) is 0.350. The number of phenolic OH excluding ortho intramolecular Hbond substituents is 4. The van der Waals surface area contributed by atoms with Crippen molar-refractivity contribution < 1.29 is 30.3 Å². The van der Waals surface area contributed by atoms with Gasteiger partial charge in [0.25, 0.3) is 0 Å². The third-order valence-corrected chi connectivity index (χ3v) is 6.25. The van der Waals surface area contributed by atoms with Gasteiger partial charge in [-0.25, -0.2) is 0 Å². The van der Waals surface area contributed by atoms with Crippen molar-refractivity contribution in [2.24, 2.45) is 0 Å². The van der Waals surface area contributed by atoms with E-state index in [0.29, 0.717) is 24.0 Å². The van der Waals surface area contributed by atoms with Gasteiger partial charge in [-0.3, -0.25) is 10.1 Å². The van der Waals surface area contributed by atoms with Gasteiger partial charge < -0.3 is 30.4 Å². The molecule has 0 saturated carbocycles. The highest BCUT2D eigenvalue weighted by molar-refractivity contribution is 5.86. The third-order valence-electron chi connectivity index (χ3n) is 6.25. The Bertz CT molecular complexity index is 1010. The summed E-state index contributed by atoms with van der Waals surface area (Å²) in [5.74, 6) is -1.26. The molecule has 2 bridgehead atoms. The number of nitrogens with one attached hydrogen (secondary N) is 1. The predicted octanol–water partition coefficient (Wildman–Crippen LogP) is 0.565. The summed E-state index contributed by atoms with van der Waals surface area (Å²) in [6.45, 7) is -0.412. The molecule has 4 atom stereocenters. The Kier molecular flexibility index (Phi) is 3.53. The molecule has 1 amide bonds. The zero-order valence-electron chi connectivity index (χ0n) is 14.8. The fourth-order valence-electron chi connectivity index (χ4n) is 5.04. The highest BCUT2D eigenvalue weighted by Gasteiger charge is 2.51. The highest BCUT2D eigenvalue weighted by Crippen LogP contribution is 2.50. The molecule has 3 heterocycles. The maximum atomic E-state index is 13.2. The average Bonchev–Trinajstić information content (AvgIpc) is 2.70. The molecule has 0 radical (unpaired) electrons. The largest absolute Gasteiger partial charge is 0.504 e. The summed E-state index contributed by atoms with van der Waals surface area (Å²) in [5, 5.41) is 54.1. The van der Waals surface area contributed by atoms with Gasteiger partial charge in [-0.05, 0) is 36.1 Å². The number of aliphatic hydroxyl groups excluding tert-OH is 1. The van der Waals surface area contributed by atoms with Crippen molar-refractivity contribution in [2.75, 3.05) is 6.61 Å². The molecular formula is C20H20N2O6. The van der Waals surface area contributed by atoms with Crippen molar-refractivity contribution in [2.45, 2.75) is 37.0 Å². The van der Waals surface area contributed by atoms with E-state index in [0.717, 1.165) is 11.1 Å². The average molecular weight is 384 g/mol. The first-order chi connectivity index (χ1) is 13.4. The molecule has 2 aromatic rings. The number of fused-ring (bicyclic) bond motifs is 7. The lowest BCUT2D eigenvalue weighted by molar-refractivity contribution is -0.147. The van der Waals surface area contributed by atoms with Crippen LogP contribution in [0.2, 0.25) is 0 Å². The number of nitrogens with zero attached hydrogens (tertiary/aromatic N) is 1. The molecule has 3 unspecified atom stereocenters. The minimum Gasteiger partial charge on any atom is -0.504 e. The van der Waals surface area contributed by atoms with E-state index in [1.54, 1.807) is 17.0 Å². The zero-order valence-corrected chi connectivity index (χ0v) is 14.8. The minimum absolute atomic E-state index is 0.202. The number of aromatic hydroxyl groups is 4. The van der Waals surface area contributed by atoms with Crippen molar-refractivity contribution in [1.82, 2.24) is 10.2 Å². The Balaban J connectivity index is 1.70. The van der Waals surface area contributed by atoms with Gasteiger partial charge in [0.05, 0.1) is 30.8 Å². The topological polar surface area (TPSA) is 133 Å². The van der Waals surface area contributed by atoms with E-state index < -0.39 is 30.8 Å².